The molecule has 0 aliphatic rings. The van der Waals surface area contributed by atoms with Crippen LogP contribution in [0, 0.1) is 13.8 Å². The van der Waals surface area contributed by atoms with E-state index < -0.39 is 0 Å². The van der Waals surface area contributed by atoms with Gasteiger partial charge in [-0.25, -0.2) is 4.79 Å². The highest BCUT2D eigenvalue weighted by molar-refractivity contribution is 6.18. The molecule has 0 saturated heterocycles. The molecule has 162 valence electrons. The highest BCUT2D eigenvalue weighted by atomic mass is 16.2. The average Bonchev–Trinajstić information content (AvgIpc) is 2.80. The summed E-state index contributed by atoms with van der Waals surface area (Å²) in [6.45, 7) is 7.71. The zero-order valence-electron chi connectivity index (χ0n) is 18.1. The maximum absolute atomic E-state index is 13.2. The normalized spacial score (nSPS) is 10.2. The molecule has 3 amide bonds. The maximum Gasteiger partial charge on any atom is 0.319 e. The largest absolute Gasteiger partial charge is 0.334 e. The van der Waals surface area contributed by atoms with Crippen LogP contribution in [-0.4, -0.2) is 24.3 Å². The molecule has 0 saturated carbocycles. The van der Waals surface area contributed by atoms with Gasteiger partial charge in [0.05, 0.1) is 5.56 Å². The molecular weight excluding hydrogens is 402 g/mol. The number of carbonyl (C=O) groups excluding carboxylic acids is 3. The summed E-state index contributed by atoms with van der Waals surface area (Å²) in [5, 5.41) is 8.12. The van der Waals surface area contributed by atoms with Crippen molar-refractivity contribution in [3.8, 4) is 0 Å². The first kappa shape index (κ1) is 22.5. The van der Waals surface area contributed by atoms with Gasteiger partial charge in [-0.2, -0.15) is 0 Å². The fourth-order valence-corrected chi connectivity index (χ4v) is 3.18. The van der Waals surface area contributed by atoms with E-state index in [1.54, 1.807) is 54.6 Å². The molecule has 3 rings (SSSR count). The maximum atomic E-state index is 13.2. The number of rotatable bonds is 7. The second-order valence-electron chi connectivity index (χ2n) is 7.35. The lowest BCUT2D eigenvalue weighted by atomic mass is 9.94. The number of hydrogen-bond donors (Lipinski definition) is 3. The summed E-state index contributed by atoms with van der Waals surface area (Å²) in [7, 11) is 0. The summed E-state index contributed by atoms with van der Waals surface area (Å²) < 4.78 is 0. The molecule has 3 aromatic carbocycles. The van der Waals surface area contributed by atoms with Gasteiger partial charge in [0.15, 0.2) is 5.78 Å². The number of amides is 3. The van der Waals surface area contributed by atoms with E-state index in [9.17, 15) is 14.4 Å². The Balaban J connectivity index is 1.76. The second kappa shape index (κ2) is 10.2. The van der Waals surface area contributed by atoms with E-state index in [4.69, 9.17) is 0 Å². The Hall–Kier alpha value is -4.19. The van der Waals surface area contributed by atoms with Crippen molar-refractivity contribution >= 4 is 29.1 Å². The molecule has 0 bridgehead atoms. The summed E-state index contributed by atoms with van der Waals surface area (Å²) in [4.78, 5) is 37.8. The van der Waals surface area contributed by atoms with Crippen LogP contribution in [-0.2, 0) is 0 Å². The third-order valence-corrected chi connectivity index (χ3v) is 4.86. The smallest absolute Gasteiger partial charge is 0.319 e. The van der Waals surface area contributed by atoms with Crippen molar-refractivity contribution in [3.05, 3.63) is 107 Å². The minimum Gasteiger partial charge on any atom is -0.334 e. The van der Waals surface area contributed by atoms with Crippen molar-refractivity contribution in [2.45, 2.75) is 13.8 Å². The van der Waals surface area contributed by atoms with Crippen LogP contribution in [0.4, 0.5) is 16.2 Å². The summed E-state index contributed by atoms with van der Waals surface area (Å²) >= 11 is 0. The Morgan fingerprint density at radius 3 is 2.09 bits per heavy atom. The standard InChI is InChI=1S/C26H25N3O3/c1-4-15-27-26(32)29-20-13-11-19(12-14-20)28-25(31)22-8-6-5-7-21(22)24(30)23-16-17(2)9-10-18(23)3/h4-14,16H,1,15H2,2-3H3,(H,28,31)(H2,27,29,32). The zero-order chi connectivity index (χ0) is 23.1. The van der Waals surface area contributed by atoms with Crippen molar-refractivity contribution in [1.82, 2.24) is 5.32 Å². The highest BCUT2D eigenvalue weighted by Crippen LogP contribution is 2.21. The summed E-state index contributed by atoms with van der Waals surface area (Å²) in [6.07, 6.45) is 1.58. The monoisotopic (exact) mass is 427 g/mol. The minimum atomic E-state index is -0.385. The number of anilines is 2. The van der Waals surface area contributed by atoms with Crippen molar-refractivity contribution in [1.29, 1.82) is 0 Å². The Morgan fingerprint density at radius 1 is 0.812 bits per heavy atom. The third-order valence-electron chi connectivity index (χ3n) is 4.86. The first-order valence-corrected chi connectivity index (χ1v) is 10.2. The Morgan fingerprint density at radius 2 is 1.44 bits per heavy atom. The number of ketones is 1. The molecule has 0 heterocycles. The quantitative estimate of drug-likeness (QED) is 0.362. The number of benzene rings is 3. The van der Waals surface area contributed by atoms with E-state index >= 15 is 0 Å². The molecule has 6 heteroatoms. The first-order chi connectivity index (χ1) is 15.4. The molecule has 0 aromatic heterocycles. The van der Waals surface area contributed by atoms with E-state index in [1.165, 1.54) is 0 Å². The Bertz CT molecular complexity index is 1170. The van der Waals surface area contributed by atoms with Gasteiger partial charge < -0.3 is 16.0 Å². The number of hydrogen-bond acceptors (Lipinski definition) is 3. The van der Waals surface area contributed by atoms with Gasteiger partial charge in [0, 0.05) is 29.0 Å². The van der Waals surface area contributed by atoms with Gasteiger partial charge in [-0.05, 0) is 55.8 Å². The molecule has 0 aliphatic heterocycles. The molecule has 0 atom stereocenters. The molecule has 3 N–H and O–H groups in total. The summed E-state index contributed by atoms with van der Waals surface area (Å²) in [5.74, 6) is -0.578. The fourth-order valence-electron chi connectivity index (χ4n) is 3.18. The van der Waals surface area contributed by atoms with Gasteiger partial charge >= 0.3 is 6.03 Å². The van der Waals surface area contributed by atoms with Gasteiger partial charge in [0.1, 0.15) is 0 Å². The Labute approximate surface area is 187 Å². The van der Waals surface area contributed by atoms with Gasteiger partial charge in [0.25, 0.3) is 5.91 Å². The van der Waals surface area contributed by atoms with E-state index in [-0.39, 0.29) is 17.7 Å². The van der Waals surface area contributed by atoms with Crippen LogP contribution in [0.15, 0.2) is 79.4 Å². The number of aryl methyl sites for hydroxylation is 2. The lowest BCUT2D eigenvalue weighted by molar-refractivity contribution is 0.0996. The van der Waals surface area contributed by atoms with E-state index in [1.807, 2.05) is 32.0 Å². The van der Waals surface area contributed by atoms with E-state index in [0.29, 0.717) is 34.6 Å². The van der Waals surface area contributed by atoms with Crippen molar-refractivity contribution in [2.75, 3.05) is 17.2 Å². The molecular formula is C26H25N3O3. The molecule has 0 aliphatic carbocycles. The SMILES string of the molecule is C=CCNC(=O)Nc1ccc(NC(=O)c2ccccc2C(=O)c2cc(C)ccc2C)cc1. The van der Waals surface area contributed by atoms with Crippen molar-refractivity contribution in [2.24, 2.45) is 0 Å². The van der Waals surface area contributed by atoms with Gasteiger partial charge in [-0.3, -0.25) is 9.59 Å². The molecule has 6 nitrogen and oxygen atoms in total. The van der Waals surface area contributed by atoms with Gasteiger partial charge in [-0.1, -0.05) is 42.0 Å². The number of carbonyl (C=O) groups is 3. The van der Waals surface area contributed by atoms with Crippen molar-refractivity contribution < 1.29 is 14.4 Å². The lowest BCUT2D eigenvalue weighted by Crippen LogP contribution is -2.28. The van der Waals surface area contributed by atoms with E-state index in [0.717, 1.165) is 11.1 Å². The van der Waals surface area contributed by atoms with Crippen LogP contribution in [0.25, 0.3) is 0 Å². The highest BCUT2D eigenvalue weighted by Gasteiger charge is 2.19. The predicted octanol–water partition coefficient (Wildman–Crippen LogP) is 5.09. The molecule has 3 aromatic rings. The molecule has 0 fully saturated rings. The van der Waals surface area contributed by atoms with Gasteiger partial charge in [0.2, 0.25) is 0 Å². The zero-order valence-corrected chi connectivity index (χ0v) is 18.1. The van der Waals surface area contributed by atoms with Crippen LogP contribution in [0.2, 0.25) is 0 Å². The number of nitrogens with one attached hydrogen (secondary N) is 3. The average molecular weight is 428 g/mol. The number of urea groups is 1. The first-order valence-electron chi connectivity index (χ1n) is 10.2. The topological polar surface area (TPSA) is 87.3 Å². The molecule has 0 spiro atoms. The van der Waals surface area contributed by atoms with Crippen LogP contribution < -0.4 is 16.0 Å². The Kier molecular flexibility index (Phi) is 7.18. The van der Waals surface area contributed by atoms with Crippen molar-refractivity contribution in [3.63, 3.8) is 0 Å². The van der Waals surface area contributed by atoms with E-state index in [2.05, 4.69) is 22.5 Å². The lowest BCUT2D eigenvalue weighted by Gasteiger charge is -2.12. The van der Waals surface area contributed by atoms with Crippen LogP contribution in [0.1, 0.15) is 37.4 Å². The molecule has 0 radical (unpaired) electrons. The summed E-state index contributed by atoms with van der Waals surface area (Å²) in [6, 6.07) is 18.8. The third kappa shape index (κ3) is 5.49. The van der Waals surface area contributed by atoms with Gasteiger partial charge in [-0.15, -0.1) is 6.58 Å². The minimum absolute atomic E-state index is 0.193. The molecule has 32 heavy (non-hydrogen) atoms. The second-order valence-corrected chi connectivity index (χ2v) is 7.35. The summed E-state index contributed by atoms with van der Waals surface area (Å²) in [5.41, 5.74) is 4.18. The fraction of sp³-hybridized carbons (Fsp3) is 0.115. The molecule has 0 unspecified atom stereocenters. The van der Waals surface area contributed by atoms with Crippen LogP contribution >= 0.6 is 0 Å². The predicted molar refractivity (Wildman–Crippen MR) is 127 cm³/mol. The van der Waals surface area contributed by atoms with Crippen LogP contribution in [0.5, 0.6) is 0 Å². The van der Waals surface area contributed by atoms with Crippen LogP contribution in [0.3, 0.4) is 0 Å².